The van der Waals surface area contributed by atoms with Gasteiger partial charge in [-0.3, -0.25) is 9.59 Å². The molecular weight excluding hydrogens is 388 g/mol. The number of nitrogens with one attached hydrogen (secondary N) is 1. The Kier molecular flexibility index (Phi) is 6.82. The van der Waals surface area contributed by atoms with Gasteiger partial charge in [-0.15, -0.1) is 0 Å². The Hall–Kier alpha value is -2.51. The van der Waals surface area contributed by atoms with Gasteiger partial charge in [0.05, 0.1) is 4.90 Å². The van der Waals surface area contributed by atoms with Crippen LogP contribution in [0.5, 0.6) is 0 Å². The second-order valence-corrected chi connectivity index (χ2v) is 9.14. The van der Waals surface area contributed by atoms with Crippen molar-refractivity contribution in [3.05, 3.63) is 65.7 Å². The smallest absolute Gasteiger partial charge is 0.253 e. The van der Waals surface area contributed by atoms with E-state index in [0.717, 1.165) is 19.3 Å². The number of rotatable bonds is 7. The van der Waals surface area contributed by atoms with Crippen LogP contribution in [0.4, 0.5) is 0 Å². The topological polar surface area (TPSA) is 83.6 Å². The molecule has 0 saturated carbocycles. The second kappa shape index (κ2) is 9.33. The highest BCUT2D eigenvalue weighted by molar-refractivity contribution is 7.89. The highest BCUT2D eigenvalue weighted by Gasteiger charge is 2.24. The van der Waals surface area contributed by atoms with Gasteiger partial charge in [0.2, 0.25) is 10.0 Å². The molecule has 1 fully saturated rings. The first-order valence-electron chi connectivity index (χ1n) is 9.82. The molecule has 1 N–H and O–H groups in total. The Balaban J connectivity index is 1.45. The molecule has 154 valence electrons. The number of amides is 1. The van der Waals surface area contributed by atoms with Crippen molar-refractivity contribution in [2.24, 2.45) is 5.92 Å². The third-order valence-electron chi connectivity index (χ3n) is 5.34. The molecule has 2 aromatic carbocycles. The number of Topliss-reactive ketones (excluding diaryl/α,β-unsaturated/α-hetero) is 1. The zero-order valence-electron chi connectivity index (χ0n) is 16.5. The number of hydrogen-bond acceptors (Lipinski definition) is 4. The first-order chi connectivity index (χ1) is 13.9. The summed E-state index contributed by atoms with van der Waals surface area (Å²) in [5, 5.41) is 0. The van der Waals surface area contributed by atoms with Crippen LogP contribution in [0.1, 0.15) is 46.9 Å². The molecule has 0 bridgehead atoms. The minimum Gasteiger partial charge on any atom is -0.339 e. The largest absolute Gasteiger partial charge is 0.339 e. The van der Waals surface area contributed by atoms with Crippen LogP contribution in [0, 0.1) is 5.92 Å². The number of ketones is 1. The van der Waals surface area contributed by atoms with Crippen LogP contribution in [-0.4, -0.2) is 44.6 Å². The van der Waals surface area contributed by atoms with Crippen molar-refractivity contribution >= 4 is 21.7 Å². The number of benzene rings is 2. The van der Waals surface area contributed by atoms with Gasteiger partial charge in [-0.05, 0) is 56.4 Å². The fraction of sp³-hybridized carbons (Fsp3) is 0.364. The third kappa shape index (κ3) is 5.52. The van der Waals surface area contributed by atoms with E-state index in [4.69, 9.17) is 0 Å². The van der Waals surface area contributed by atoms with E-state index in [9.17, 15) is 18.0 Å². The minimum atomic E-state index is -3.59. The summed E-state index contributed by atoms with van der Waals surface area (Å²) in [4.78, 5) is 25.8. The first-order valence-corrected chi connectivity index (χ1v) is 11.3. The molecule has 1 saturated heterocycles. The molecule has 3 rings (SSSR count). The van der Waals surface area contributed by atoms with Gasteiger partial charge in [0.1, 0.15) is 0 Å². The van der Waals surface area contributed by atoms with Crippen LogP contribution in [0.15, 0.2) is 59.5 Å². The number of piperidine rings is 1. The lowest BCUT2D eigenvalue weighted by Gasteiger charge is -2.32. The molecule has 1 aliphatic rings. The number of carbonyl (C=O) groups is 2. The van der Waals surface area contributed by atoms with Crippen molar-refractivity contribution in [3.8, 4) is 0 Å². The van der Waals surface area contributed by atoms with Gasteiger partial charge in [0.15, 0.2) is 5.78 Å². The summed E-state index contributed by atoms with van der Waals surface area (Å²) >= 11 is 0. The molecule has 0 atom stereocenters. The fourth-order valence-corrected chi connectivity index (χ4v) is 4.59. The van der Waals surface area contributed by atoms with E-state index in [2.05, 4.69) is 4.72 Å². The summed E-state index contributed by atoms with van der Waals surface area (Å²) < 4.78 is 27.4. The van der Waals surface area contributed by atoms with Gasteiger partial charge in [-0.1, -0.05) is 30.3 Å². The van der Waals surface area contributed by atoms with Crippen molar-refractivity contribution in [3.63, 3.8) is 0 Å². The Labute approximate surface area is 172 Å². The van der Waals surface area contributed by atoms with Gasteiger partial charge in [0.25, 0.3) is 5.91 Å². The van der Waals surface area contributed by atoms with Crippen molar-refractivity contribution < 1.29 is 18.0 Å². The zero-order valence-corrected chi connectivity index (χ0v) is 17.3. The minimum absolute atomic E-state index is 0.0544. The normalized spacial score (nSPS) is 15.3. The summed E-state index contributed by atoms with van der Waals surface area (Å²) in [5.74, 6) is 0.343. The molecular formula is C22H26N2O4S. The van der Waals surface area contributed by atoms with E-state index < -0.39 is 10.0 Å². The van der Waals surface area contributed by atoms with E-state index in [-0.39, 0.29) is 16.6 Å². The van der Waals surface area contributed by atoms with Crippen LogP contribution in [0.2, 0.25) is 0 Å². The summed E-state index contributed by atoms with van der Waals surface area (Å²) in [6, 6.07) is 15.2. The molecule has 0 spiro atoms. The zero-order chi connectivity index (χ0) is 20.9. The van der Waals surface area contributed by atoms with Gasteiger partial charge < -0.3 is 4.90 Å². The Morgan fingerprint density at radius 2 is 1.59 bits per heavy atom. The number of likely N-dealkylation sites (tertiary alicyclic amines) is 1. The van der Waals surface area contributed by atoms with Crippen molar-refractivity contribution in [2.75, 3.05) is 19.6 Å². The van der Waals surface area contributed by atoms with Crippen molar-refractivity contribution in [2.45, 2.75) is 31.1 Å². The van der Waals surface area contributed by atoms with Gasteiger partial charge >= 0.3 is 0 Å². The van der Waals surface area contributed by atoms with Crippen molar-refractivity contribution in [1.29, 1.82) is 0 Å². The molecule has 29 heavy (non-hydrogen) atoms. The summed E-state index contributed by atoms with van der Waals surface area (Å²) in [5.41, 5.74) is 1.19. The van der Waals surface area contributed by atoms with Crippen LogP contribution >= 0.6 is 0 Å². The monoisotopic (exact) mass is 414 g/mol. The first kappa shape index (κ1) is 21.2. The highest BCUT2D eigenvalue weighted by atomic mass is 32.2. The molecule has 2 aromatic rings. The Bertz CT molecular complexity index is 948. The maximum Gasteiger partial charge on any atom is 0.253 e. The number of hydrogen-bond donors (Lipinski definition) is 1. The molecule has 6 nitrogen and oxygen atoms in total. The molecule has 0 unspecified atom stereocenters. The lowest BCUT2D eigenvalue weighted by atomic mass is 9.93. The van der Waals surface area contributed by atoms with Crippen LogP contribution in [0.25, 0.3) is 0 Å². The standard InChI is InChI=1S/C22H26N2O4S/c1-17(25)19-7-9-21(10-8-19)29(27,28)23-14-11-18-12-15-24(16-13-18)22(26)20-5-3-2-4-6-20/h2-10,18,23H,11-16H2,1H3. The lowest BCUT2D eigenvalue weighted by Crippen LogP contribution is -2.39. The molecule has 0 radical (unpaired) electrons. The Morgan fingerprint density at radius 3 is 2.17 bits per heavy atom. The van der Waals surface area contributed by atoms with Gasteiger partial charge in [-0.25, -0.2) is 13.1 Å². The summed E-state index contributed by atoms with van der Waals surface area (Å²) in [6.45, 7) is 3.18. The predicted molar refractivity (Wildman–Crippen MR) is 111 cm³/mol. The molecule has 0 aromatic heterocycles. The van der Waals surface area contributed by atoms with E-state index in [1.54, 1.807) is 0 Å². The number of carbonyl (C=O) groups excluding carboxylic acids is 2. The van der Waals surface area contributed by atoms with E-state index in [0.29, 0.717) is 36.7 Å². The van der Waals surface area contributed by atoms with E-state index in [1.165, 1.54) is 31.2 Å². The van der Waals surface area contributed by atoms with Crippen LogP contribution < -0.4 is 4.72 Å². The fourth-order valence-electron chi connectivity index (χ4n) is 3.54. The van der Waals surface area contributed by atoms with E-state index in [1.807, 2.05) is 35.2 Å². The van der Waals surface area contributed by atoms with Gasteiger partial charge in [0, 0.05) is 30.8 Å². The summed E-state index contributed by atoms with van der Waals surface area (Å²) in [6.07, 6.45) is 2.47. The molecule has 1 heterocycles. The van der Waals surface area contributed by atoms with Crippen LogP contribution in [-0.2, 0) is 10.0 Å². The Morgan fingerprint density at radius 1 is 0.966 bits per heavy atom. The maximum atomic E-state index is 12.5. The maximum absolute atomic E-state index is 12.5. The van der Waals surface area contributed by atoms with E-state index >= 15 is 0 Å². The number of sulfonamides is 1. The molecule has 0 aliphatic carbocycles. The number of nitrogens with zero attached hydrogens (tertiary/aromatic N) is 1. The predicted octanol–water partition coefficient (Wildman–Crippen LogP) is 3.11. The molecule has 1 amide bonds. The third-order valence-corrected chi connectivity index (χ3v) is 6.82. The van der Waals surface area contributed by atoms with Crippen molar-refractivity contribution in [1.82, 2.24) is 9.62 Å². The summed E-state index contributed by atoms with van der Waals surface area (Å²) in [7, 11) is -3.59. The quantitative estimate of drug-likeness (QED) is 0.706. The highest BCUT2D eigenvalue weighted by Crippen LogP contribution is 2.22. The molecule has 1 aliphatic heterocycles. The second-order valence-electron chi connectivity index (χ2n) is 7.37. The average molecular weight is 415 g/mol. The lowest BCUT2D eigenvalue weighted by molar-refractivity contribution is 0.0687. The SMILES string of the molecule is CC(=O)c1ccc(S(=O)(=O)NCCC2CCN(C(=O)c3ccccc3)CC2)cc1. The average Bonchev–Trinajstić information content (AvgIpc) is 2.74. The van der Waals surface area contributed by atoms with Crippen LogP contribution in [0.3, 0.4) is 0 Å². The molecule has 7 heteroatoms. The van der Waals surface area contributed by atoms with Gasteiger partial charge in [-0.2, -0.15) is 0 Å².